The van der Waals surface area contributed by atoms with Crippen LogP contribution in [0.25, 0.3) is 0 Å². The van der Waals surface area contributed by atoms with Gasteiger partial charge in [0.15, 0.2) is 0 Å². The van der Waals surface area contributed by atoms with Gasteiger partial charge >= 0.3 is 0 Å². The van der Waals surface area contributed by atoms with E-state index in [1.54, 1.807) is 0 Å². The van der Waals surface area contributed by atoms with E-state index < -0.39 is 0 Å². The topological polar surface area (TPSA) is 32.7 Å². The zero-order valence-corrected chi connectivity index (χ0v) is 13.2. The molecular weight excluding hydrogens is 238 g/mol. The van der Waals surface area contributed by atoms with Crippen molar-refractivity contribution in [1.82, 2.24) is 4.90 Å². The van der Waals surface area contributed by atoms with Crippen LogP contribution in [0.15, 0.2) is 0 Å². The first kappa shape index (κ1) is 16.9. The van der Waals surface area contributed by atoms with Crippen molar-refractivity contribution in [3.05, 3.63) is 0 Å². The highest BCUT2D eigenvalue weighted by atomic mass is 16.5. The Kier molecular flexibility index (Phi) is 7.96. The van der Waals surface area contributed by atoms with Crippen molar-refractivity contribution in [2.45, 2.75) is 52.9 Å². The van der Waals surface area contributed by atoms with E-state index in [9.17, 15) is 5.11 Å². The van der Waals surface area contributed by atoms with Crippen LogP contribution in [0.2, 0.25) is 0 Å². The van der Waals surface area contributed by atoms with Gasteiger partial charge in [0, 0.05) is 19.7 Å². The van der Waals surface area contributed by atoms with Gasteiger partial charge in [-0.15, -0.1) is 0 Å². The third-order valence-corrected chi connectivity index (χ3v) is 3.88. The second-order valence-corrected chi connectivity index (χ2v) is 7.09. The maximum absolute atomic E-state index is 9.17. The van der Waals surface area contributed by atoms with E-state index in [2.05, 4.69) is 25.7 Å². The van der Waals surface area contributed by atoms with Crippen molar-refractivity contribution in [2.75, 3.05) is 39.5 Å². The highest BCUT2D eigenvalue weighted by molar-refractivity contribution is 4.70. The van der Waals surface area contributed by atoms with Gasteiger partial charge in [0.25, 0.3) is 0 Å². The highest BCUT2D eigenvalue weighted by Gasteiger charge is 2.18. The van der Waals surface area contributed by atoms with Gasteiger partial charge in [0.1, 0.15) is 0 Å². The number of ether oxygens (including phenoxy) is 1. The molecule has 19 heavy (non-hydrogen) atoms. The molecule has 0 radical (unpaired) electrons. The van der Waals surface area contributed by atoms with E-state index in [4.69, 9.17) is 4.74 Å². The van der Waals surface area contributed by atoms with Crippen molar-refractivity contribution in [3.8, 4) is 0 Å². The molecule has 3 heteroatoms. The maximum atomic E-state index is 9.17. The van der Waals surface area contributed by atoms with E-state index >= 15 is 0 Å². The van der Waals surface area contributed by atoms with E-state index in [0.29, 0.717) is 17.9 Å². The largest absolute Gasteiger partial charge is 0.396 e. The average molecular weight is 271 g/mol. The first-order chi connectivity index (χ1) is 9.01. The minimum atomic E-state index is 0.338. The molecule has 1 aliphatic rings. The van der Waals surface area contributed by atoms with Gasteiger partial charge in [0.2, 0.25) is 0 Å². The fraction of sp³-hybridized carbons (Fsp3) is 1.00. The molecule has 114 valence electrons. The summed E-state index contributed by atoms with van der Waals surface area (Å²) in [5, 5.41) is 9.17. The van der Waals surface area contributed by atoms with Gasteiger partial charge in [-0.3, -0.25) is 4.90 Å². The fourth-order valence-corrected chi connectivity index (χ4v) is 2.99. The summed E-state index contributed by atoms with van der Waals surface area (Å²) >= 11 is 0. The Morgan fingerprint density at radius 2 is 1.79 bits per heavy atom. The van der Waals surface area contributed by atoms with Crippen molar-refractivity contribution in [1.29, 1.82) is 0 Å². The summed E-state index contributed by atoms with van der Waals surface area (Å²) < 4.78 is 5.36. The highest BCUT2D eigenvalue weighted by Crippen LogP contribution is 2.29. The molecule has 0 saturated carbocycles. The molecule has 0 spiro atoms. The summed E-state index contributed by atoms with van der Waals surface area (Å²) in [4.78, 5) is 2.51. The average Bonchev–Trinajstić information content (AvgIpc) is 2.34. The lowest BCUT2D eigenvalue weighted by atomic mass is 9.81. The third kappa shape index (κ3) is 8.61. The van der Waals surface area contributed by atoms with Crippen LogP contribution in [0, 0.1) is 11.3 Å². The van der Waals surface area contributed by atoms with Gasteiger partial charge in [-0.1, -0.05) is 33.6 Å². The SMILES string of the molecule is CC(C)(C)C[C@@H](CCO)CCCCN1CCOCC1. The minimum Gasteiger partial charge on any atom is -0.396 e. The Morgan fingerprint density at radius 3 is 2.37 bits per heavy atom. The zero-order valence-electron chi connectivity index (χ0n) is 13.2. The minimum absolute atomic E-state index is 0.338. The number of rotatable bonds is 8. The fourth-order valence-electron chi connectivity index (χ4n) is 2.99. The molecule has 0 bridgehead atoms. The van der Waals surface area contributed by atoms with Gasteiger partial charge in [0.05, 0.1) is 13.2 Å². The molecule has 1 atom stereocenters. The van der Waals surface area contributed by atoms with Crippen molar-refractivity contribution < 1.29 is 9.84 Å². The maximum Gasteiger partial charge on any atom is 0.0594 e. The van der Waals surface area contributed by atoms with Crippen LogP contribution in [-0.2, 0) is 4.74 Å². The number of hydrogen-bond acceptors (Lipinski definition) is 3. The molecule has 0 aromatic rings. The van der Waals surface area contributed by atoms with Crippen LogP contribution >= 0.6 is 0 Å². The van der Waals surface area contributed by atoms with Crippen molar-refractivity contribution >= 4 is 0 Å². The van der Waals surface area contributed by atoms with Crippen LogP contribution in [0.5, 0.6) is 0 Å². The number of hydrogen-bond donors (Lipinski definition) is 1. The Hall–Kier alpha value is -0.120. The van der Waals surface area contributed by atoms with Crippen LogP contribution in [-0.4, -0.2) is 49.5 Å². The normalized spacial score (nSPS) is 19.6. The second kappa shape index (κ2) is 8.93. The third-order valence-electron chi connectivity index (χ3n) is 3.88. The molecule has 0 aromatic carbocycles. The molecule has 1 saturated heterocycles. The molecule has 3 nitrogen and oxygen atoms in total. The van der Waals surface area contributed by atoms with Crippen LogP contribution in [0.3, 0.4) is 0 Å². The number of aliphatic hydroxyl groups excluding tert-OH is 1. The first-order valence-corrected chi connectivity index (χ1v) is 7.92. The Morgan fingerprint density at radius 1 is 1.11 bits per heavy atom. The summed E-state index contributed by atoms with van der Waals surface area (Å²) in [7, 11) is 0. The molecule has 1 aliphatic heterocycles. The van der Waals surface area contributed by atoms with Crippen LogP contribution in [0.1, 0.15) is 52.9 Å². The summed E-state index contributed by atoms with van der Waals surface area (Å²) in [6.07, 6.45) is 6.03. The lowest BCUT2D eigenvalue weighted by molar-refractivity contribution is 0.0369. The standard InChI is InChI=1S/C16H33NO2/c1-16(2,3)14-15(7-11-18)6-4-5-8-17-9-12-19-13-10-17/h15,18H,4-14H2,1-3H3/t15-/m1/s1. The predicted molar refractivity (Wildman–Crippen MR) is 80.4 cm³/mol. The Labute approximate surface area is 119 Å². The summed E-state index contributed by atoms with van der Waals surface area (Å²) in [5.74, 6) is 0.690. The number of morpholine rings is 1. The van der Waals surface area contributed by atoms with Gasteiger partial charge in [-0.05, 0) is 37.1 Å². The smallest absolute Gasteiger partial charge is 0.0594 e. The van der Waals surface area contributed by atoms with E-state index in [-0.39, 0.29) is 0 Å². The Bertz CT molecular complexity index is 219. The van der Waals surface area contributed by atoms with E-state index in [1.165, 1.54) is 32.2 Å². The monoisotopic (exact) mass is 271 g/mol. The lowest BCUT2D eigenvalue weighted by Gasteiger charge is -2.28. The molecule has 0 aromatic heterocycles. The van der Waals surface area contributed by atoms with Gasteiger partial charge in [-0.2, -0.15) is 0 Å². The molecule has 0 amide bonds. The Balaban J connectivity index is 2.13. The van der Waals surface area contributed by atoms with E-state index in [0.717, 1.165) is 32.7 Å². The summed E-state index contributed by atoms with van der Waals surface area (Å²) in [6.45, 7) is 12.4. The quantitative estimate of drug-likeness (QED) is 0.689. The van der Waals surface area contributed by atoms with Crippen molar-refractivity contribution in [3.63, 3.8) is 0 Å². The van der Waals surface area contributed by atoms with Gasteiger partial charge in [-0.25, -0.2) is 0 Å². The molecule has 1 rings (SSSR count). The first-order valence-electron chi connectivity index (χ1n) is 7.92. The molecule has 1 N–H and O–H groups in total. The number of aliphatic hydroxyl groups is 1. The molecule has 0 aliphatic carbocycles. The number of nitrogens with zero attached hydrogens (tertiary/aromatic N) is 1. The molecule has 0 unspecified atom stereocenters. The second-order valence-electron chi connectivity index (χ2n) is 7.09. The molecule has 1 heterocycles. The summed E-state index contributed by atoms with van der Waals surface area (Å²) in [6, 6.07) is 0. The van der Waals surface area contributed by atoms with E-state index in [1.807, 2.05) is 0 Å². The van der Waals surface area contributed by atoms with Gasteiger partial charge < -0.3 is 9.84 Å². The zero-order chi connectivity index (χ0) is 14.1. The molecule has 1 fully saturated rings. The lowest BCUT2D eigenvalue weighted by Crippen LogP contribution is -2.36. The van der Waals surface area contributed by atoms with Crippen LogP contribution < -0.4 is 0 Å². The van der Waals surface area contributed by atoms with Crippen LogP contribution in [0.4, 0.5) is 0 Å². The summed E-state index contributed by atoms with van der Waals surface area (Å²) in [5.41, 5.74) is 0.379. The van der Waals surface area contributed by atoms with Crippen molar-refractivity contribution in [2.24, 2.45) is 11.3 Å². The number of unbranched alkanes of at least 4 members (excludes halogenated alkanes) is 1. The predicted octanol–water partition coefficient (Wildman–Crippen LogP) is 2.92. The molecular formula is C16H33NO2.